The van der Waals surface area contributed by atoms with Gasteiger partial charge >= 0.3 is 0 Å². The fraction of sp³-hybridized carbons (Fsp3) is 0.500. The number of aromatic nitrogens is 1. The minimum absolute atomic E-state index is 0.503. The fourth-order valence-corrected chi connectivity index (χ4v) is 2.54. The maximum atomic E-state index is 5.90. The van der Waals surface area contributed by atoms with Crippen LogP contribution in [0.2, 0.25) is 5.15 Å². The number of pyridine rings is 1. The van der Waals surface area contributed by atoms with Gasteiger partial charge in [-0.15, -0.1) is 0 Å². The van der Waals surface area contributed by atoms with Crippen molar-refractivity contribution in [3.63, 3.8) is 0 Å². The molecule has 0 aliphatic carbocycles. The summed E-state index contributed by atoms with van der Waals surface area (Å²) in [5, 5.41) is 0.518. The van der Waals surface area contributed by atoms with Crippen molar-refractivity contribution >= 4 is 23.5 Å². The topological polar surface area (TPSA) is 37.7 Å². The predicted octanol–water partition coefficient (Wildman–Crippen LogP) is 2.11. The molecule has 90 valence electrons. The minimum Gasteiger partial charge on any atom is -0.381 e. The molecule has 4 nitrogen and oxygen atoms in total. The summed E-state index contributed by atoms with van der Waals surface area (Å²) in [5.74, 6) is 0. The van der Waals surface area contributed by atoms with Crippen LogP contribution >= 0.6 is 11.6 Å². The first-order chi connectivity index (χ1) is 8.34. The van der Waals surface area contributed by atoms with Crippen molar-refractivity contribution in [1.29, 1.82) is 0 Å². The van der Waals surface area contributed by atoms with Gasteiger partial charge in [0.25, 0.3) is 0 Å². The highest BCUT2D eigenvalue weighted by atomic mass is 35.5. The Morgan fingerprint density at radius 2 is 2.12 bits per heavy atom. The van der Waals surface area contributed by atoms with Gasteiger partial charge in [0.15, 0.2) is 0 Å². The van der Waals surface area contributed by atoms with Crippen molar-refractivity contribution in [2.45, 2.75) is 18.9 Å². The third-order valence-electron chi connectivity index (χ3n) is 3.26. The molecule has 0 saturated carbocycles. The Morgan fingerprint density at radius 1 is 1.29 bits per heavy atom. The number of halogens is 1. The van der Waals surface area contributed by atoms with Crippen molar-refractivity contribution in [1.82, 2.24) is 4.98 Å². The minimum atomic E-state index is 0.503. The molecule has 0 unspecified atom stereocenters. The van der Waals surface area contributed by atoms with E-state index >= 15 is 0 Å². The fourth-order valence-electron chi connectivity index (χ4n) is 2.38. The van der Waals surface area contributed by atoms with Gasteiger partial charge in [-0.3, -0.25) is 4.99 Å². The molecule has 0 amide bonds. The predicted molar refractivity (Wildman–Crippen MR) is 68.0 cm³/mol. The average molecular weight is 252 g/mol. The third kappa shape index (κ3) is 2.15. The van der Waals surface area contributed by atoms with Crippen LogP contribution in [-0.2, 0) is 4.74 Å². The van der Waals surface area contributed by atoms with Crippen LogP contribution in [0.15, 0.2) is 17.1 Å². The zero-order valence-electron chi connectivity index (χ0n) is 9.47. The molecule has 1 aromatic rings. The van der Waals surface area contributed by atoms with Crippen LogP contribution in [0, 0.1) is 0 Å². The highest BCUT2D eigenvalue weighted by molar-refractivity contribution is 6.29. The number of hydrogen-bond donors (Lipinski definition) is 0. The molecule has 5 heteroatoms. The zero-order valence-corrected chi connectivity index (χ0v) is 10.2. The van der Waals surface area contributed by atoms with Crippen molar-refractivity contribution in [2.75, 3.05) is 24.8 Å². The second-order valence-electron chi connectivity index (χ2n) is 4.30. The van der Waals surface area contributed by atoms with E-state index in [1.807, 2.05) is 12.1 Å². The Labute approximate surface area is 105 Å². The molecule has 2 aliphatic rings. The normalized spacial score (nSPS) is 20.4. The molecule has 0 spiro atoms. The van der Waals surface area contributed by atoms with Gasteiger partial charge in [0.1, 0.15) is 17.5 Å². The number of aliphatic imine (C=N–C) groups is 1. The van der Waals surface area contributed by atoms with Crippen LogP contribution < -0.4 is 4.90 Å². The van der Waals surface area contributed by atoms with Gasteiger partial charge in [-0.1, -0.05) is 11.6 Å². The maximum Gasteiger partial charge on any atom is 0.129 e. The molecule has 1 aromatic heterocycles. The van der Waals surface area contributed by atoms with Crippen LogP contribution in [-0.4, -0.2) is 37.1 Å². The first-order valence-corrected chi connectivity index (χ1v) is 6.23. The smallest absolute Gasteiger partial charge is 0.129 e. The van der Waals surface area contributed by atoms with E-state index in [4.69, 9.17) is 16.3 Å². The van der Waals surface area contributed by atoms with E-state index in [0.717, 1.165) is 37.4 Å². The highest BCUT2D eigenvalue weighted by Crippen LogP contribution is 2.28. The summed E-state index contributed by atoms with van der Waals surface area (Å²) in [7, 11) is 0. The second kappa shape index (κ2) is 4.63. The summed E-state index contributed by atoms with van der Waals surface area (Å²) in [4.78, 5) is 11.0. The Morgan fingerprint density at radius 3 is 2.94 bits per heavy atom. The molecule has 1 fully saturated rings. The Kier molecular flexibility index (Phi) is 2.99. The first kappa shape index (κ1) is 11.0. The molecular weight excluding hydrogens is 238 g/mol. The number of anilines is 1. The second-order valence-corrected chi connectivity index (χ2v) is 4.69. The first-order valence-electron chi connectivity index (χ1n) is 5.85. The third-order valence-corrected chi connectivity index (χ3v) is 3.47. The molecule has 0 aromatic carbocycles. The average Bonchev–Trinajstić information content (AvgIpc) is 2.39. The van der Waals surface area contributed by atoms with E-state index in [1.54, 1.807) is 6.21 Å². The number of hydrogen-bond acceptors (Lipinski definition) is 4. The summed E-state index contributed by atoms with van der Waals surface area (Å²) in [6.07, 6.45) is 3.91. The molecule has 0 atom stereocenters. The Balaban J connectivity index is 1.90. The van der Waals surface area contributed by atoms with E-state index in [9.17, 15) is 0 Å². The van der Waals surface area contributed by atoms with Crippen LogP contribution in [0.25, 0.3) is 0 Å². The van der Waals surface area contributed by atoms with Gasteiger partial charge in [0, 0.05) is 19.3 Å². The summed E-state index contributed by atoms with van der Waals surface area (Å²) in [5.41, 5.74) is 2.01. The lowest BCUT2D eigenvalue weighted by Gasteiger charge is -2.36. The zero-order chi connectivity index (χ0) is 11.7. The summed E-state index contributed by atoms with van der Waals surface area (Å²) < 4.78 is 5.40. The molecule has 2 aliphatic heterocycles. The summed E-state index contributed by atoms with van der Waals surface area (Å²) in [6, 6.07) is 4.37. The molecule has 1 saturated heterocycles. The maximum absolute atomic E-state index is 5.90. The largest absolute Gasteiger partial charge is 0.381 e. The molecule has 3 heterocycles. The SMILES string of the molecule is Clc1ccc2c(n1)C=NCN2C1CCOCC1. The molecule has 0 bridgehead atoms. The summed E-state index contributed by atoms with van der Waals surface area (Å²) >= 11 is 5.90. The van der Waals surface area contributed by atoms with Gasteiger partial charge in [0.05, 0.1) is 11.9 Å². The lowest BCUT2D eigenvalue weighted by atomic mass is 10.1. The van der Waals surface area contributed by atoms with E-state index in [1.165, 1.54) is 0 Å². The number of fused-ring (bicyclic) bond motifs is 1. The molecule has 0 radical (unpaired) electrons. The number of nitrogens with zero attached hydrogens (tertiary/aromatic N) is 3. The summed E-state index contributed by atoms with van der Waals surface area (Å²) in [6.45, 7) is 2.38. The Hall–Kier alpha value is -1.13. The van der Waals surface area contributed by atoms with Crippen molar-refractivity contribution in [3.8, 4) is 0 Å². The lowest BCUT2D eigenvalue weighted by molar-refractivity contribution is 0.0845. The van der Waals surface area contributed by atoms with Crippen LogP contribution in [0.5, 0.6) is 0 Å². The quantitative estimate of drug-likeness (QED) is 0.718. The van der Waals surface area contributed by atoms with Gasteiger partial charge in [-0.25, -0.2) is 4.98 Å². The van der Waals surface area contributed by atoms with E-state index in [-0.39, 0.29) is 0 Å². The lowest BCUT2D eigenvalue weighted by Crippen LogP contribution is -2.41. The van der Waals surface area contributed by atoms with E-state index in [0.29, 0.717) is 17.9 Å². The van der Waals surface area contributed by atoms with Crippen molar-refractivity contribution in [3.05, 3.63) is 23.0 Å². The van der Waals surface area contributed by atoms with Gasteiger partial charge < -0.3 is 9.64 Å². The standard InChI is InChI=1S/C12H14ClN3O/c13-12-2-1-11-10(15-12)7-14-8-16(11)9-3-5-17-6-4-9/h1-2,7,9H,3-6,8H2. The van der Waals surface area contributed by atoms with E-state index < -0.39 is 0 Å². The van der Waals surface area contributed by atoms with Gasteiger partial charge in [-0.2, -0.15) is 0 Å². The number of ether oxygens (including phenoxy) is 1. The van der Waals surface area contributed by atoms with Crippen molar-refractivity contribution in [2.24, 2.45) is 4.99 Å². The van der Waals surface area contributed by atoms with Gasteiger partial charge in [-0.05, 0) is 25.0 Å². The van der Waals surface area contributed by atoms with Crippen molar-refractivity contribution < 1.29 is 4.74 Å². The van der Waals surface area contributed by atoms with Crippen LogP contribution in [0.1, 0.15) is 18.5 Å². The van der Waals surface area contributed by atoms with Crippen LogP contribution in [0.3, 0.4) is 0 Å². The van der Waals surface area contributed by atoms with Gasteiger partial charge in [0.2, 0.25) is 0 Å². The number of rotatable bonds is 1. The monoisotopic (exact) mass is 251 g/mol. The highest BCUT2D eigenvalue weighted by Gasteiger charge is 2.25. The Bertz CT molecular complexity index is 443. The molecule has 0 N–H and O–H groups in total. The van der Waals surface area contributed by atoms with Crippen LogP contribution in [0.4, 0.5) is 5.69 Å². The molecular formula is C12H14ClN3O. The van der Waals surface area contributed by atoms with E-state index in [2.05, 4.69) is 14.9 Å². The molecule has 17 heavy (non-hydrogen) atoms. The molecule has 3 rings (SSSR count).